The van der Waals surface area contributed by atoms with Crippen molar-refractivity contribution in [3.05, 3.63) is 0 Å². The summed E-state index contributed by atoms with van der Waals surface area (Å²) in [5, 5.41) is 0. The Morgan fingerprint density at radius 3 is 1.23 bits per heavy atom. The largest absolute Gasteiger partial charge is 0.514 e. The molecule has 0 aromatic rings. The summed E-state index contributed by atoms with van der Waals surface area (Å²) in [6.07, 6.45) is 0.316. The van der Waals surface area contributed by atoms with Crippen molar-refractivity contribution in [1.82, 2.24) is 4.90 Å². The van der Waals surface area contributed by atoms with Crippen LogP contribution in [0.25, 0.3) is 0 Å². The van der Waals surface area contributed by atoms with Crippen LogP contribution in [0.15, 0.2) is 0 Å². The van der Waals surface area contributed by atoms with Crippen LogP contribution in [0.3, 0.4) is 0 Å². The molecule has 0 atom stereocenters. The minimum atomic E-state index is -2.41. The SMILES string of the molecule is CN(C)C.CO[Si](CN)(OC)OC. The van der Waals surface area contributed by atoms with Crippen molar-refractivity contribution in [3.8, 4) is 0 Å². The van der Waals surface area contributed by atoms with Crippen molar-refractivity contribution < 1.29 is 13.3 Å². The lowest BCUT2D eigenvalue weighted by molar-refractivity contribution is 0.125. The zero-order chi connectivity index (χ0) is 10.9. The molecule has 0 bridgehead atoms. The first-order chi connectivity index (χ1) is 5.97. The number of rotatable bonds is 4. The van der Waals surface area contributed by atoms with Gasteiger partial charge in [-0.1, -0.05) is 0 Å². The minimum Gasteiger partial charge on any atom is -0.376 e. The third kappa shape index (κ3) is 8.35. The highest BCUT2D eigenvalue weighted by atomic mass is 28.4. The molecule has 0 spiro atoms. The maximum Gasteiger partial charge on any atom is 0.514 e. The Morgan fingerprint density at radius 1 is 1.00 bits per heavy atom. The first-order valence-corrected chi connectivity index (χ1v) is 5.87. The van der Waals surface area contributed by atoms with E-state index in [-0.39, 0.29) is 0 Å². The predicted octanol–water partition coefficient (Wildman–Crippen LogP) is -0.460. The van der Waals surface area contributed by atoms with Gasteiger partial charge in [0.1, 0.15) is 0 Å². The van der Waals surface area contributed by atoms with Crippen LogP contribution in [0.5, 0.6) is 0 Å². The molecule has 0 saturated carbocycles. The van der Waals surface area contributed by atoms with Gasteiger partial charge >= 0.3 is 8.80 Å². The second-order valence-corrected chi connectivity index (χ2v) is 5.84. The van der Waals surface area contributed by atoms with Gasteiger partial charge in [-0.05, 0) is 21.1 Å². The quantitative estimate of drug-likeness (QED) is 0.636. The summed E-state index contributed by atoms with van der Waals surface area (Å²) in [5.41, 5.74) is 5.33. The van der Waals surface area contributed by atoms with Crippen LogP contribution < -0.4 is 5.73 Å². The molecule has 0 fully saturated rings. The number of hydrogen-bond acceptors (Lipinski definition) is 5. The molecule has 0 aromatic carbocycles. The third-order valence-corrected chi connectivity index (χ3v) is 3.55. The van der Waals surface area contributed by atoms with E-state index in [0.717, 1.165) is 0 Å². The van der Waals surface area contributed by atoms with Gasteiger partial charge in [-0.15, -0.1) is 0 Å². The van der Waals surface area contributed by atoms with Crippen molar-refractivity contribution in [2.75, 3.05) is 48.6 Å². The van der Waals surface area contributed by atoms with Crippen LogP contribution in [0, 0.1) is 0 Å². The van der Waals surface area contributed by atoms with Crippen molar-refractivity contribution in [2.45, 2.75) is 0 Å². The molecule has 0 radical (unpaired) electrons. The van der Waals surface area contributed by atoms with Gasteiger partial charge in [0.2, 0.25) is 0 Å². The molecule has 82 valence electrons. The van der Waals surface area contributed by atoms with Crippen LogP contribution in [0.4, 0.5) is 0 Å². The molecule has 0 rings (SSSR count). The summed E-state index contributed by atoms with van der Waals surface area (Å²) in [4.78, 5) is 2.00. The summed E-state index contributed by atoms with van der Waals surface area (Å²) >= 11 is 0. The normalized spacial score (nSPS) is 11.1. The zero-order valence-corrected chi connectivity index (χ0v) is 10.5. The molecular formula is C7H22N2O3Si. The van der Waals surface area contributed by atoms with Crippen LogP contribution in [-0.2, 0) is 13.3 Å². The molecule has 5 nitrogen and oxygen atoms in total. The molecule has 0 aliphatic rings. The standard InChI is InChI=1S/C4H13NO3Si.C3H9N/c1-6-9(4-5,7-2)8-3;1-4(2)3/h4-5H2,1-3H3;1-3H3. The smallest absolute Gasteiger partial charge is 0.376 e. The number of nitrogens with zero attached hydrogens (tertiary/aromatic N) is 1. The van der Waals surface area contributed by atoms with E-state index in [1.54, 1.807) is 0 Å². The Hall–Kier alpha value is 0.0169. The van der Waals surface area contributed by atoms with E-state index in [1.807, 2.05) is 26.0 Å². The van der Waals surface area contributed by atoms with Gasteiger partial charge in [-0.2, -0.15) is 0 Å². The molecule has 0 aliphatic carbocycles. The molecule has 0 heterocycles. The lowest BCUT2D eigenvalue weighted by Gasteiger charge is -2.21. The molecule has 13 heavy (non-hydrogen) atoms. The first-order valence-electron chi connectivity index (χ1n) is 3.94. The van der Waals surface area contributed by atoms with Crippen LogP contribution in [0.1, 0.15) is 0 Å². The first kappa shape index (κ1) is 15.5. The Balaban J connectivity index is 0. The Bertz CT molecular complexity index is 89.6. The molecule has 0 saturated heterocycles. The maximum atomic E-state index is 5.33. The van der Waals surface area contributed by atoms with Gasteiger partial charge in [0.05, 0.1) is 6.17 Å². The average Bonchev–Trinajstić information content (AvgIpc) is 2.09. The number of nitrogens with two attached hydrogens (primary N) is 1. The Morgan fingerprint density at radius 2 is 1.23 bits per heavy atom. The lowest BCUT2D eigenvalue weighted by Crippen LogP contribution is -2.50. The van der Waals surface area contributed by atoms with Gasteiger partial charge < -0.3 is 23.9 Å². The summed E-state index contributed by atoms with van der Waals surface area (Å²) in [7, 11) is 8.19. The van der Waals surface area contributed by atoms with E-state index in [4.69, 9.17) is 19.0 Å². The van der Waals surface area contributed by atoms with Gasteiger partial charge in [0.15, 0.2) is 0 Å². The van der Waals surface area contributed by atoms with Gasteiger partial charge in [-0.3, -0.25) is 0 Å². The lowest BCUT2D eigenvalue weighted by atomic mass is 11.0. The topological polar surface area (TPSA) is 57.0 Å². The van der Waals surface area contributed by atoms with Crippen LogP contribution >= 0.6 is 0 Å². The highest BCUT2D eigenvalue weighted by Gasteiger charge is 2.35. The van der Waals surface area contributed by atoms with Crippen molar-refractivity contribution in [1.29, 1.82) is 0 Å². The Labute approximate surface area is 82.1 Å². The molecule has 0 unspecified atom stereocenters. The summed E-state index contributed by atoms with van der Waals surface area (Å²) in [6, 6.07) is 0. The molecule has 0 aliphatic heterocycles. The van der Waals surface area contributed by atoms with Gasteiger partial charge in [-0.25, -0.2) is 0 Å². The van der Waals surface area contributed by atoms with E-state index >= 15 is 0 Å². The monoisotopic (exact) mass is 210 g/mol. The summed E-state index contributed by atoms with van der Waals surface area (Å²) in [6.45, 7) is 0. The van der Waals surface area contributed by atoms with Crippen LogP contribution in [0.2, 0.25) is 0 Å². The second-order valence-electron chi connectivity index (χ2n) is 2.84. The van der Waals surface area contributed by atoms with Crippen molar-refractivity contribution >= 4 is 8.80 Å². The van der Waals surface area contributed by atoms with Gasteiger partial charge in [0.25, 0.3) is 0 Å². The Kier molecular flexibility index (Phi) is 10.3. The molecule has 6 heteroatoms. The van der Waals surface area contributed by atoms with Crippen molar-refractivity contribution in [3.63, 3.8) is 0 Å². The average molecular weight is 210 g/mol. The van der Waals surface area contributed by atoms with E-state index in [9.17, 15) is 0 Å². The van der Waals surface area contributed by atoms with E-state index < -0.39 is 8.80 Å². The second kappa shape index (κ2) is 8.61. The fourth-order valence-corrected chi connectivity index (χ4v) is 1.50. The molecule has 0 aromatic heterocycles. The molecule has 2 N–H and O–H groups in total. The zero-order valence-electron chi connectivity index (χ0n) is 9.46. The van der Waals surface area contributed by atoms with Crippen LogP contribution in [-0.4, -0.2) is 62.3 Å². The van der Waals surface area contributed by atoms with Gasteiger partial charge in [0, 0.05) is 21.3 Å². The molecular weight excluding hydrogens is 188 g/mol. The van der Waals surface area contributed by atoms with E-state index in [2.05, 4.69) is 0 Å². The van der Waals surface area contributed by atoms with E-state index in [1.165, 1.54) is 21.3 Å². The maximum absolute atomic E-state index is 5.33. The highest BCUT2D eigenvalue weighted by Crippen LogP contribution is 2.01. The predicted molar refractivity (Wildman–Crippen MR) is 55.4 cm³/mol. The summed E-state index contributed by atoms with van der Waals surface area (Å²) in [5.74, 6) is 0. The third-order valence-electron chi connectivity index (χ3n) is 1.18. The minimum absolute atomic E-state index is 0.316. The molecule has 0 amide bonds. The highest BCUT2D eigenvalue weighted by molar-refractivity contribution is 6.60. The fraction of sp³-hybridized carbons (Fsp3) is 1.00. The fourth-order valence-electron chi connectivity index (χ4n) is 0.500. The number of hydrogen-bond donors (Lipinski definition) is 1. The van der Waals surface area contributed by atoms with Crippen molar-refractivity contribution in [2.24, 2.45) is 5.73 Å². The summed E-state index contributed by atoms with van der Waals surface area (Å²) < 4.78 is 14.9. The van der Waals surface area contributed by atoms with E-state index in [0.29, 0.717) is 6.17 Å².